The molecule has 0 fully saturated rings. The van der Waals surface area contributed by atoms with Crippen molar-refractivity contribution in [3.8, 4) is 0 Å². The van der Waals surface area contributed by atoms with Crippen molar-refractivity contribution >= 4 is 11.4 Å². The van der Waals surface area contributed by atoms with E-state index in [4.69, 9.17) is 4.98 Å². The molecule has 0 unspecified atom stereocenters. The molecule has 0 radical (unpaired) electrons. The maximum Gasteiger partial charge on any atom is 0.0866 e. The first kappa shape index (κ1) is 16.8. The smallest absolute Gasteiger partial charge is 0.0866 e. The zero-order chi connectivity index (χ0) is 18.8. The third kappa shape index (κ3) is 3.31. The van der Waals surface area contributed by atoms with Crippen molar-refractivity contribution in [2.45, 2.75) is 11.8 Å². The molecule has 2 aliphatic rings. The average Bonchev–Trinajstić information content (AvgIpc) is 3.46. The van der Waals surface area contributed by atoms with Crippen LogP contribution in [0.25, 0.3) is 11.4 Å². The Kier molecular flexibility index (Phi) is 4.42. The summed E-state index contributed by atoms with van der Waals surface area (Å²) in [5.41, 5.74) is 6.92. The Labute approximate surface area is 165 Å². The van der Waals surface area contributed by atoms with Crippen LogP contribution in [0.2, 0.25) is 0 Å². The van der Waals surface area contributed by atoms with Crippen LogP contribution in [-0.2, 0) is 0 Å². The summed E-state index contributed by atoms with van der Waals surface area (Å²) in [7, 11) is 0. The highest BCUT2D eigenvalue weighted by Crippen LogP contribution is 2.29. The van der Waals surface area contributed by atoms with Crippen LogP contribution in [0.3, 0.4) is 0 Å². The van der Waals surface area contributed by atoms with Crippen molar-refractivity contribution in [3.63, 3.8) is 0 Å². The standard InChI is InChI=1S/C25H23N3/c1-3-8-18(9-4-1)20-14-24(26-16-20)22-12-7-13-23(28-22)25-15-21(17-27-25)19-10-5-2-6-11-19/h1-15,20-21,26-27H,16-17H2/t20-,21-/m0/s1. The molecule has 2 aliphatic heterocycles. The molecule has 0 bridgehead atoms. The summed E-state index contributed by atoms with van der Waals surface area (Å²) in [6.45, 7) is 1.84. The van der Waals surface area contributed by atoms with Gasteiger partial charge >= 0.3 is 0 Å². The zero-order valence-corrected chi connectivity index (χ0v) is 15.7. The third-order valence-corrected chi connectivity index (χ3v) is 5.52. The fraction of sp³-hybridized carbons (Fsp3) is 0.160. The fourth-order valence-corrected chi connectivity index (χ4v) is 3.99. The minimum atomic E-state index is 0.396. The van der Waals surface area contributed by atoms with Gasteiger partial charge in [0.1, 0.15) is 0 Å². The number of hydrogen-bond acceptors (Lipinski definition) is 3. The molecule has 0 saturated heterocycles. The molecule has 3 nitrogen and oxygen atoms in total. The maximum absolute atomic E-state index is 4.93. The van der Waals surface area contributed by atoms with E-state index in [0.717, 1.165) is 35.9 Å². The first-order chi connectivity index (χ1) is 13.9. The molecular weight excluding hydrogens is 342 g/mol. The van der Waals surface area contributed by atoms with Gasteiger partial charge in [0.25, 0.3) is 0 Å². The molecule has 2 N–H and O–H groups in total. The largest absolute Gasteiger partial charge is 0.383 e. The van der Waals surface area contributed by atoms with Crippen molar-refractivity contribution in [3.05, 3.63) is 114 Å². The monoisotopic (exact) mass is 365 g/mol. The fourth-order valence-electron chi connectivity index (χ4n) is 3.99. The second kappa shape index (κ2) is 7.35. The van der Waals surface area contributed by atoms with Gasteiger partial charge in [-0.05, 0) is 35.4 Å². The molecule has 3 heteroatoms. The van der Waals surface area contributed by atoms with E-state index in [2.05, 4.69) is 102 Å². The van der Waals surface area contributed by atoms with Crippen molar-refractivity contribution in [1.82, 2.24) is 15.6 Å². The summed E-state index contributed by atoms with van der Waals surface area (Å²) in [6.07, 6.45) is 4.59. The number of pyridine rings is 1. The Morgan fingerprint density at radius 2 is 1.04 bits per heavy atom. The van der Waals surface area contributed by atoms with Crippen LogP contribution in [0.4, 0.5) is 0 Å². The lowest BCUT2D eigenvalue weighted by atomic mass is 10.00. The summed E-state index contributed by atoms with van der Waals surface area (Å²) in [5.74, 6) is 0.792. The lowest BCUT2D eigenvalue weighted by molar-refractivity contribution is 0.815. The molecular formula is C25H23N3. The SMILES string of the molecule is C1=C(c2cccc(C3=C[C@H](c4ccccc4)CN3)n2)NC[C@H]1c1ccccc1. The van der Waals surface area contributed by atoms with Crippen molar-refractivity contribution in [2.24, 2.45) is 0 Å². The normalized spacial score (nSPS) is 20.9. The zero-order valence-electron chi connectivity index (χ0n) is 15.7. The van der Waals surface area contributed by atoms with E-state index in [1.807, 2.05) is 0 Å². The van der Waals surface area contributed by atoms with Gasteiger partial charge in [0, 0.05) is 24.9 Å². The van der Waals surface area contributed by atoms with Crippen molar-refractivity contribution in [1.29, 1.82) is 0 Å². The lowest BCUT2D eigenvalue weighted by Crippen LogP contribution is -2.13. The van der Waals surface area contributed by atoms with E-state index in [9.17, 15) is 0 Å². The van der Waals surface area contributed by atoms with E-state index in [1.54, 1.807) is 0 Å². The molecule has 2 atom stereocenters. The maximum atomic E-state index is 4.93. The van der Waals surface area contributed by atoms with Crippen LogP contribution in [-0.4, -0.2) is 18.1 Å². The first-order valence-electron chi connectivity index (χ1n) is 9.86. The van der Waals surface area contributed by atoms with Crippen LogP contribution in [0.15, 0.2) is 91.0 Å². The molecule has 2 aromatic carbocycles. The highest BCUT2D eigenvalue weighted by Gasteiger charge is 2.21. The highest BCUT2D eigenvalue weighted by atomic mass is 15.0. The summed E-state index contributed by atoms with van der Waals surface area (Å²) in [5, 5.41) is 7.07. The van der Waals surface area contributed by atoms with Gasteiger partial charge in [0.15, 0.2) is 0 Å². The predicted octanol–water partition coefficient (Wildman–Crippen LogP) is 4.54. The number of nitrogens with zero attached hydrogens (tertiary/aromatic N) is 1. The highest BCUT2D eigenvalue weighted by molar-refractivity contribution is 5.69. The number of hydrogen-bond donors (Lipinski definition) is 2. The van der Waals surface area contributed by atoms with E-state index < -0.39 is 0 Å². The molecule has 3 aromatic rings. The second-order valence-electron chi connectivity index (χ2n) is 7.36. The molecule has 0 spiro atoms. The van der Waals surface area contributed by atoms with E-state index >= 15 is 0 Å². The van der Waals surface area contributed by atoms with E-state index in [0.29, 0.717) is 11.8 Å². The molecule has 5 rings (SSSR count). The topological polar surface area (TPSA) is 37.0 Å². The van der Waals surface area contributed by atoms with Crippen LogP contribution >= 0.6 is 0 Å². The quantitative estimate of drug-likeness (QED) is 0.713. The summed E-state index contributed by atoms with van der Waals surface area (Å²) in [4.78, 5) is 4.93. The predicted molar refractivity (Wildman–Crippen MR) is 115 cm³/mol. The number of aromatic nitrogens is 1. The molecule has 138 valence electrons. The Morgan fingerprint density at radius 3 is 1.50 bits per heavy atom. The van der Waals surface area contributed by atoms with Gasteiger partial charge in [-0.1, -0.05) is 66.7 Å². The second-order valence-corrected chi connectivity index (χ2v) is 7.36. The van der Waals surface area contributed by atoms with Crippen LogP contribution < -0.4 is 10.6 Å². The van der Waals surface area contributed by atoms with Gasteiger partial charge < -0.3 is 10.6 Å². The molecule has 0 amide bonds. The van der Waals surface area contributed by atoms with Crippen LogP contribution in [0, 0.1) is 0 Å². The number of rotatable bonds is 4. The van der Waals surface area contributed by atoms with Crippen LogP contribution in [0.5, 0.6) is 0 Å². The molecule has 0 saturated carbocycles. The van der Waals surface area contributed by atoms with Gasteiger partial charge in [0.05, 0.1) is 22.8 Å². The van der Waals surface area contributed by atoms with Gasteiger partial charge in [-0.2, -0.15) is 0 Å². The van der Waals surface area contributed by atoms with E-state index in [-0.39, 0.29) is 0 Å². The molecule has 3 heterocycles. The third-order valence-electron chi connectivity index (χ3n) is 5.52. The minimum absolute atomic E-state index is 0.396. The summed E-state index contributed by atoms with van der Waals surface area (Å²) in [6, 6.07) is 27.5. The Bertz CT molecular complexity index is 941. The molecule has 0 aliphatic carbocycles. The van der Waals surface area contributed by atoms with Gasteiger partial charge in [-0.25, -0.2) is 4.98 Å². The number of nitrogens with one attached hydrogen (secondary N) is 2. The van der Waals surface area contributed by atoms with Gasteiger partial charge in [0.2, 0.25) is 0 Å². The van der Waals surface area contributed by atoms with Crippen molar-refractivity contribution < 1.29 is 0 Å². The Balaban J connectivity index is 1.39. The lowest BCUT2D eigenvalue weighted by Gasteiger charge is -2.08. The van der Waals surface area contributed by atoms with Gasteiger partial charge in [-0.3, -0.25) is 0 Å². The summed E-state index contributed by atoms with van der Waals surface area (Å²) >= 11 is 0. The minimum Gasteiger partial charge on any atom is -0.383 e. The van der Waals surface area contributed by atoms with Crippen LogP contribution in [0.1, 0.15) is 34.4 Å². The molecule has 1 aromatic heterocycles. The molecule has 28 heavy (non-hydrogen) atoms. The Hall–Kier alpha value is -3.33. The van der Waals surface area contributed by atoms with E-state index in [1.165, 1.54) is 11.1 Å². The average molecular weight is 365 g/mol. The summed E-state index contributed by atoms with van der Waals surface area (Å²) < 4.78 is 0. The Morgan fingerprint density at radius 1 is 0.571 bits per heavy atom. The van der Waals surface area contributed by atoms with Crippen molar-refractivity contribution in [2.75, 3.05) is 13.1 Å². The first-order valence-corrected chi connectivity index (χ1v) is 9.86. The van der Waals surface area contributed by atoms with Gasteiger partial charge in [-0.15, -0.1) is 0 Å². The number of benzene rings is 2.